The highest BCUT2D eigenvalue weighted by Crippen LogP contribution is 2.35. The van der Waals surface area contributed by atoms with Crippen molar-refractivity contribution >= 4 is 16.3 Å². The molecule has 2 atom stereocenters. The normalized spacial score (nSPS) is 23.0. The van der Waals surface area contributed by atoms with E-state index in [0.29, 0.717) is 12.1 Å². The fourth-order valence-corrected chi connectivity index (χ4v) is 4.27. The fraction of sp³-hybridized carbons (Fsp3) is 0.261. The molecule has 0 amide bonds. The van der Waals surface area contributed by atoms with Crippen molar-refractivity contribution in [2.75, 3.05) is 13.2 Å². The van der Waals surface area contributed by atoms with Gasteiger partial charge in [0.05, 0.1) is 19.3 Å². The number of nitrogens with zero attached hydrogens (tertiary/aromatic N) is 2. The molecule has 2 unspecified atom stereocenters. The van der Waals surface area contributed by atoms with Gasteiger partial charge in [0, 0.05) is 35.9 Å². The molecule has 3 aromatic rings. The topological polar surface area (TPSA) is 25.4 Å². The first-order valence-corrected chi connectivity index (χ1v) is 9.30. The predicted octanol–water partition coefficient (Wildman–Crippen LogP) is 4.29. The molecule has 2 aliphatic rings. The van der Waals surface area contributed by atoms with E-state index >= 15 is 0 Å². The van der Waals surface area contributed by atoms with Crippen LogP contribution in [0.2, 0.25) is 0 Å². The molecule has 2 aromatic carbocycles. The summed E-state index contributed by atoms with van der Waals surface area (Å²) in [5.74, 6) is 0. The van der Waals surface area contributed by atoms with E-state index in [-0.39, 0.29) is 0 Å². The second-order valence-electron chi connectivity index (χ2n) is 7.22. The predicted molar refractivity (Wildman–Crippen MR) is 105 cm³/mol. The van der Waals surface area contributed by atoms with E-state index in [1.54, 1.807) is 0 Å². The maximum absolute atomic E-state index is 5.87. The Balaban J connectivity index is 1.50. The van der Waals surface area contributed by atoms with Crippen LogP contribution in [0.5, 0.6) is 0 Å². The molecule has 0 aliphatic carbocycles. The van der Waals surface area contributed by atoms with Gasteiger partial charge in [-0.25, -0.2) is 0 Å². The van der Waals surface area contributed by atoms with Crippen molar-refractivity contribution in [1.82, 2.24) is 9.88 Å². The number of rotatable bonds is 3. The maximum Gasteiger partial charge on any atom is 0.0658 e. The third-order valence-electron chi connectivity index (χ3n) is 5.57. The third-order valence-corrected chi connectivity index (χ3v) is 5.57. The Labute approximate surface area is 153 Å². The highest BCUT2D eigenvalue weighted by molar-refractivity contribution is 5.93. The molecule has 0 radical (unpaired) electrons. The Morgan fingerprint density at radius 3 is 2.69 bits per heavy atom. The number of morpholine rings is 1. The number of ether oxygens (including phenoxy) is 1. The van der Waals surface area contributed by atoms with Crippen molar-refractivity contribution in [1.29, 1.82) is 0 Å². The number of benzene rings is 2. The number of pyridine rings is 1. The Morgan fingerprint density at radius 2 is 1.81 bits per heavy atom. The van der Waals surface area contributed by atoms with Crippen LogP contribution in [0.3, 0.4) is 0 Å². The highest BCUT2D eigenvalue weighted by Gasteiger charge is 2.35. The van der Waals surface area contributed by atoms with Crippen molar-refractivity contribution in [2.24, 2.45) is 0 Å². The lowest BCUT2D eigenvalue weighted by Gasteiger charge is -2.45. The molecule has 3 nitrogen and oxygen atoms in total. The van der Waals surface area contributed by atoms with Gasteiger partial charge in [0.1, 0.15) is 0 Å². The lowest BCUT2D eigenvalue weighted by Crippen LogP contribution is -2.53. The zero-order chi connectivity index (χ0) is 17.3. The van der Waals surface area contributed by atoms with Gasteiger partial charge in [0.15, 0.2) is 0 Å². The van der Waals surface area contributed by atoms with Gasteiger partial charge in [-0.2, -0.15) is 0 Å². The van der Waals surface area contributed by atoms with Gasteiger partial charge in [0.25, 0.3) is 0 Å². The zero-order valence-electron chi connectivity index (χ0n) is 14.7. The largest absolute Gasteiger partial charge is 0.378 e. The number of fused-ring (bicyclic) bond motifs is 3. The van der Waals surface area contributed by atoms with E-state index in [1.807, 2.05) is 12.4 Å². The van der Waals surface area contributed by atoms with E-state index in [9.17, 15) is 0 Å². The smallest absolute Gasteiger partial charge is 0.0658 e. The summed E-state index contributed by atoms with van der Waals surface area (Å²) in [5.41, 5.74) is 4.06. The van der Waals surface area contributed by atoms with Gasteiger partial charge in [-0.1, -0.05) is 60.7 Å². The minimum Gasteiger partial charge on any atom is -0.378 e. The van der Waals surface area contributed by atoms with Gasteiger partial charge >= 0.3 is 0 Å². The standard InChI is InChI=1S/C23H22N2O/c1-2-6-17(7-3-1)14-25-20-10-19(11-21(25)16-26-15-20)23-13-24-12-18-8-4-5-9-22(18)23/h1-10,12-13,20-21H,11,14-16H2. The average Bonchev–Trinajstić information content (AvgIpc) is 2.68. The molecule has 1 aromatic heterocycles. The maximum atomic E-state index is 5.87. The Bertz CT molecular complexity index is 945. The molecule has 130 valence electrons. The van der Waals surface area contributed by atoms with E-state index in [2.05, 4.69) is 70.6 Å². The summed E-state index contributed by atoms with van der Waals surface area (Å²) in [7, 11) is 0. The van der Waals surface area contributed by atoms with Gasteiger partial charge in [-0.05, 0) is 22.9 Å². The molecule has 5 rings (SSSR count). The SMILES string of the molecule is C1=C(c2cncc3ccccc23)CC2COCC1N2Cc1ccccc1. The number of aromatic nitrogens is 1. The van der Waals surface area contributed by atoms with Crippen LogP contribution in [0.15, 0.2) is 73.1 Å². The van der Waals surface area contributed by atoms with Crippen LogP contribution in [0.1, 0.15) is 17.5 Å². The third kappa shape index (κ3) is 2.83. The van der Waals surface area contributed by atoms with Crippen LogP contribution in [0.25, 0.3) is 16.3 Å². The Morgan fingerprint density at radius 1 is 0.962 bits per heavy atom. The quantitative estimate of drug-likeness (QED) is 0.710. The molecule has 3 heteroatoms. The lowest BCUT2D eigenvalue weighted by atomic mass is 9.88. The highest BCUT2D eigenvalue weighted by atomic mass is 16.5. The average molecular weight is 342 g/mol. The minimum atomic E-state index is 0.330. The van der Waals surface area contributed by atoms with Gasteiger partial charge in [0.2, 0.25) is 0 Å². The lowest BCUT2D eigenvalue weighted by molar-refractivity contribution is -0.0402. The van der Waals surface area contributed by atoms with Crippen LogP contribution in [0.4, 0.5) is 0 Å². The molecule has 1 fully saturated rings. The molecule has 2 bridgehead atoms. The molecule has 0 spiro atoms. The summed E-state index contributed by atoms with van der Waals surface area (Å²) in [6.45, 7) is 2.56. The second-order valence-corrected chi connectivity index (χ2v) is 7.22. The van der Waals surface area contributed by atoms with Crippen LogP contribution in [0, 0.1) is 0 Å². The van der Waals surface area contributed by atoms with Gasteiger partial charge in [-0.15, -0.1) is 0 Å². The van der Waals surface area contributed by atoms with Crippen LogP contribution < -0.4 is 0 Å². The Kier molecular flexibility index (Phi) is 4.04. The van der Waals surface area contributed by atoms with Crippen LogP contribution >= 0.6 is 0 Å². The molecular formula is C23H22N2O. The fourth-order valence-electron chi connectivity index (χ4n) is 4.27. The molecule has 3 heterocycles. The van der Waals surface area contributed by atoms with E-state index in [4.69, 9.17) is 4.74 Å². The first-order chi connectivity index (χ1) is 12.9. The van der Waals surface area contributed by atoms with Gasteiger partial charge < -0.3 is 4.74 Å². The molecule has 0 saturated carbocycles. The minimum absolute atomic E-state index is 0.330. The van der Waals surface area contributed by atoms with Crippen LogP contribution in [-0.2, 0) is 11.3 Å². The summed E-state index contributed by atoms with van der Waals surface area (Å²) in [6, 6.07) is 20.0. The zero-order valence-corrected chi connectivity index (χ0v) is 14.7. The molecule has 1 saturated heterocycles. The first-order valence-electron chi connectivity index (χ1n) is 9.30. The first kappa shape index (κ1) is 15.7. The van der Waals surface area contributed by atoms with Crippen molar-refractivity contribution < 1.29 is 4.74 Å². The van der Waals surface area contributed by atoms with Crippen molar-refractivity contribution in [2.45, 2.75) is 25.0 Å². The van der Waals surface area contributed by atoms with Crippen molar-refractivity contribution in [3.05, 3.63) is 84.2 Å². The summed E-state index contributed by atoms with van der Waals surface area (Å²) in [6.07, 6.45) is 7.40. The molecule has 0 N–H and O–H groups in total. The van der Waals surface area contributed by atoms with E-state index in [0.717, 1.165) is 26.2 Å². The van der Waals surface area contributed by atoms with Crippen LogP contribution in [-0.4, -0.2) is 35.2 Å². The summed E-state index contributed by atoms with van der Waals surface area (Å²) in [4.78, 5) is 7.08. The number of hydrogen-bond donors (Lipinski definition) is 0. The van der Waals surface area contributed by atoms with E-state index < -0.39 is 0 Å². The summed E-state index contributed by atoms with van der Waals surface area (Å²) < 4.78 is 5.87. The molecular weight excluding hydrogens is 320 g/mol. The molecule has 26 heavy (non-hydrogen) atoms. The number of hydrogen-bond acceptors (Lipinski definition) is 3. The molecule has 2 aliphatic heterocycles. The summed E-state index contributed by atoms with van der Waals surface area (Å²) >= 11 is 0. The van der Waals surface area contributed by atoms with Gasteiger partial charge in [-0.3, -0.25) is 9.88 Å². The van der Waals surface area contributed by atoms with Crippen molar-refractivity contribution in [3.8, 4) is 0 Å². The summed E-state index contributed by atoms with van der Waals surface area (Å²) in [5, 5.41) is 2.50. The van der Waals surface area contributed by atoms with Crippen molar-refractivity contribution in [3.63, 3.8) is 0 Å². The monoisotopic (exact) mass is 342 g/mol. The second kappa shape index (κ2) is 6.67. The van der Waals surface area contributed by atoms with E-state index in [1.165, 1.54) is 27.5 Å². The Hall–Kier alpha value is -2.49.